The topological polar surface area (TPSA) is 48.0 Å². The minimum absolute atomic E-state index is 0.178. The lowest BCUT2D eigenvalue weighted by molar-refractivity contribution is 0.122. The molecular weight excluding hydrogens is 374 g/mol. The summed E-state index contributed by atoms with van der Waals surface area (Å²) in [5, 5.41) is 0. The van der Waals surface area contributed by atoms with Crippen LogP contribution in [0.25, 0.3) is 0 Å². The van der Waals surface area contributed by atoms with Crippen molar-refractivity contribution < 1.29 is 19.0 Å². The van der Waals surface area contributed by atoms with E-state index in [4.69, 9.17) is 14.2 Å². The van der Waals surface area contributed by atoms with Gasteiger partial charge in [0, 0.05) is 16.6 Å². The highest BCUT2D eigenvalue weighted by Crippen LogP contribution is 2.46. The maximum absolute atomic E-state index is 12.4. The fourth-order valence-corrected chi connectivity index (χ4v) is 3.84. The van der Waals surface area contributed by atoms with Gasteiger partial charge in [-0.1, -0.05) is 15.9 Å². The molecule has 124 valence electrons. The van der Waals surface area contributed by atoms with Crippen LogP contribution in [0, 0.1) is 0 Å². The maximum Gasteiger partial charge on any atom is 0.416 e. The Morgan fingerprint density at radius 3 is 2.62 bits per heavy atom. The number of nitrogens with zero attached hydrogens (tertiary/aromatic N) is 1. The van der Waals surface area contributed by atoms with Gasteiger partial charge < -0.3 is 14.2 Å². The highest BCUT2D eigenvalue weighted by molar-refractivity contribution is 9.10. The van der Waals surface area contributed by atoms with Crippen LogP contribution in [-0.2, 0) is 6.42 Å². The third kappa shape index (κ3) is 2.24. The summed E-state index contributed by atoms with van der Waals surface area (Å²) >= 11 is 3.51. The van der Waals surface area contributed by atoms with Crippen molar-refractivity contribution in [3.63, 3.8) is 0 Å². The minimum Gasteiger partial charge on any atom is -0.493 e. The number of methoxy groups -OCH3 is 2. The van der Waals surface area contributed by atoms with Crippen LogP contribution in [-0.4, -0.2) is 31.8 Å². The first kappa shape index (κ1) is 15.3. The van der Waals surface area contributed by atoms with E-state index in [1.807, 2.05) is 30.3 Å². The number of carbonyl (C=O) groups excluding carboxylic acids is 1. The predicted octanol–water partition coefficient (Wildman–Crippen LogP) is 3.93. The van der Waals surface area contributed by atoms with Gasteiger partial charge in [0.05, 0.1) is 20.3 Å². The molecular formula is C18H16BrNO4. The molecule has 5 nitrogen and oxygen atoms in total. The molecule has 1 amide bonds. The van der Waals surface area contributed by atoms with Crippen molar-refractivity contribution >= 4 is 22.0 Å². The van der Waals surface area contributed by atoms with Gasteiger partial charge in [0.2, 0.25) is 0 Å². The summed E-state index contributed by atoms with van der Waals surface area (Å²) in [6.07, 6.45) is 0.445. The molecule has 2 aliphatic heterocycles. The SMILES string of the molecule is COc1cc2c(cc1OC)C1c3cc(Br)ccc3OC(=O)N1CC2. The van der Waals surface area contributed by atoms with Crippen LogP contribution in [0.2, 0.25) is 0 Å². The van der Waals surface area contributed by atoms with Crippen molar-refractivity contribution in [3.05, 3.63) is 51.5 Å². The molecule has 6 heteroatoms. The summed E-state index contributed by atoms with van der Waals surface area (Å²) < 4.78 is 17.3. The molecule has 0 bridgehead atoms. The van der Waals surface area contributed by atoms with E-state index in [1.165, 1.54) is 0 Å². The molecule has 0 saturated carbocycles. The second-order valence-electron chi connectivity index (χ2n) is 5.80. The van der Waals surface area contributed by atoms with Crippen molar-refractivity contribution in [3.8, 4) is 17.2 Å². The molecule has 1 atom stereocenters. The standard InChI is InChI=1S/C18H16BrNO4/c1-22-15-7-10-5-6-20-17(12(10)9-16(15)23-2)13-8-11(19)3-4-14(13)24-18(20)21/h3-4,7-9,17H,5-6H2,1-2H3. The molecule has 0 aromatic heterocycles. The van der Waals surface area contributed by atoms with Gasteiger partial charge in [-0.15, -0.1) is 0 Å². The smallest absolute Gasteiger partial charge is 0.416 e. The van der Waals surface area contributed by atoms with E-state index in [-0.39, 0.29) is 12.1 Å². The van der Waals surface area contributed by atoms with E-state index < -0.39 is 0 Å². The number of benzene rings is 2. The average Bonchev–Trinajstić information content (AvgIpc) is 2.60. The van der Waals surface area contributed by atoms with Gasteiger partial charge in [-0.3, -0.25) is 4.90 Å². The molecule has 4 rings (SSSR count). The second kappa shape index (κ2) is 5.70. The predicted molar refractivity (Wildman–Crippen MR) is 92.0 cm³/mol. The monoisotopic (exact) mass is 389 g/mol. The highest BCUT2D eigenvalue weighted by Gasteiger charge is 2.39. The van der Waals surface area contributed by atoms with Crippen molar-refractivity contribution in [2.75, 3.05) is 20.8 Å². The maximum atomic E-state index is 12.4. The fraction of sp³-hybridized carbons (Fsp3) is 0.278. The number of ether oxygens (including phenoxy) is 3. The molecule has 2 aromatic carbocycles. The first-order valence-electron chi connectivity index (χ1n) is 7.65. The van der Waals surface area contributed by atoms with Crippen LogP contribution < -0.4 is 14.2 Å². The first-order chi connectivity index (χ1) is 11.6. The minimum atomic E-state index is -0.310. The Labute approximate surface area is 148 Å². The van der Waals surface area contributed by atoms with Gasteiger partial charge >= 0.3 is 6.09 Å². The number of hydrogen-bond acceptors (Lipinski definition) is 4. The number of carbonyl (C=O) groups is 1. The van der Waals surface area contributed by atoms with E-state index in [1.54, 1.807) is 19.1 Å². The lowest BCUT2D eigenvalue weighted by Crippen LogP contribution is -2.45. The number of rotatable bonds is 2. The molecule has 0 fully saturated rings. The first-order valence-corrected chi connectivity index (χ1v) is 8.44. The van der Waals surface area contributed by atoms with Crippen molar-refractivity contribution in [2.24, 2.45) is 0 Å². The lowest BCUT2D eigenvalue weighted by atomic mass is 9.87. The Morgan fingerprint density at radius 2 is 1.88 bits per heavy atom. The van der Waals surface area contributed by atoms with Gasteiger partial charge in [0.15, 0.2) is 11.5 Å². The largest absolute Gasteiger partial charge is 0.493 e. The average molecular weight is 390 g/mol. The van der Waals surface area contributed by atoms with Crippen LogP contribution in [0.5, 0.6) is 17.2 Å². The second-order valence-corrected chi connectivity index (χ2v) is 6.72. The highest BCUT2D eigenvalue weighted by atomic mass is 79.9. The Morgan fingerprint density at radius 1 is 1.12 bits per heavy atom. The Bertz CT molecular complexity index is 836. The van der Waals surface area contributed by atoms with E-state index >= 15 is 0 Å². The number of amides is 1. The molecule has 2 aliphatic rings. The van der Waals surface area contributed by atoms with Crippen LogP contribution in [0.1, 0.15) is 22.7 Å². The normalized spacial score (nSPS) is 18.2. The van der Waals surface area contributed by atoms with E-state index in [0.29, 0.717) is 23.8 Å². The van der Waals surface area contributed by atoms with Crippen molar-refractivity contribution in [2.45, 2.75) is 12.5 Å². The van der Waals surface area contributed by atoms with E-state index in [9.17, 15) is 4.79 Å². The zero-order chi connectivity index (χ0) is 16.8. The summed E-state index contributed by atoms with van der Waals surface area (Å²) in [7, 11) is 3.24. The molecule has 1 unspecified atom stereocenters. The van der Waals surface area contributed by atoms with Crippen molar-refractivity contribution in [1.82, 2.24) is 4.90 Å². The Balaban J connectivity index is 1.93. The van der Waals surface area contributed by atoms with Crippen LogP contribution in [0.4, 0.5) is 4.79 Å². The quantitative estimate of drug-likeness (QED) is 0.780. The number of halogens is 1. The molecule has 0 spiro atoms. The summed E-state index contributed by atoms with van der Waals surface area (Å²) in [6, 6.07) is 9.49. The van der Waals surface area contributed by atoms with Gasteiger partial charge in [-0.05, 0) is 47.9 Å². The summed E-state index contributed by atoms with van der Waals surface area (Å²) in [4.78, 5) is 14.2. The van der Waals surface area contributed by atoms with E-state index in [2.05, 4.69) is 15.9 Å². The van der Waals surface area contributed by atoms with Crippen molar-refractivity contribution in [1.29, 1.82) is 0 Å². The molecule has 0 radical (unpaired) electrons. The van der Waals surface area contributed by atoms with Gasteiger partial charge in [-0.25, -0.2) is 4.79 Å². The number of hydrogen-bond donors (Lipinski definition) is 0. The van der Waals surface area contributed by atoms with E-state index in [0.717, 1.165) is 27.6 Å². The Kier molecular flexibility index (Phi) is 3.64. The zero-order valence-corrected chi connectivity index (χ0v) is 14.9. The van der Waals surface area contributed by atoms with Crippen LogP contribution >= 0.6 is 15.9 Å². The molecule has 0 saturated heterocycles. The Hall–Kier alpha value is -2.21. The summed E-state index contributed by atoms with van der Waals surface area (Å²) in [5.41, 5.74) is 3.18. The van der Waals surface area contributed by atoms with Gasteiger partial charge in [-0.2, -0.15) is 0 Å². The van der Waals surface area contributed by atoms with Crippen LogP contribution in [0.3, 0.4) is 0 Å². The molecule has 2 aromatic rings. The zero-order valence-electron chi connectivity index (χ0n) is 13.3. The number of fused-ring (bicyclic) bond motifs is 5. The lowest BCUT2D eigenvalue weighted by Gasteiger charge is -2.40. The molecule has 24 heavy (non-hydrogen) atoms. The molecule has 2 heterocycles. The summed E-state index contributed by atoms with van der Waals surface area (Å²) in [5.74, 6) is 1.97. The molecule has 0 aliphatic carbocycles. The van der Waals surface area contributed by atoms with Gasteiger partial charge in [0.25, 0.3) is 0 Å². The third-order valence-electron chi connectivity index (χ3n) is 4.57. The van der Waals surface area contributed by atoms with Gasteiger partial charge in [0.1, 0.15) is 5.75 Å². The fourth-order valence-electron chi connectivity index (χ4n) is 3.46. The van der Waals surface area contributed by atoms with Crippen LogP contribution in [0.15, 0.2) is 34.8 Å². The molecule has 0 N–H and O–H groups in total. The summed E-state index contributed by atoms with van der Waals surface area (Å²) in [6.45, 7) is 0.609. The third-order valence-corrected chi connectivity index (χ3v) is 5.07.